The normalized spacial score (nSPS) is 12.2. The van der Waals surface area contributed by atoms with E-state index < -0.39 is 0 Å². The summed E-state index contributed by atoms with van der Waals surface area (Å²) in [7, 11) is 0. The molecule has 0 spiro atoms. The second-order valence-electron chi connectivity index (χ2n) is 5.91. The number of amides is 1. The van der Waals surface area contributed by atoms with Gasteiger partial charge in [-0.3, -0.25) is 0 Å². The molecule has 0 radical (unpaired) electrons. The number of carbonyl (C=O) groups is 1. The van der Waals surface area contributed by atoms with Gasteiger partial charge in [-0.2, -0.15) is 9.78 Å². The summed E-state index contributed by atoms with van der Waals surface area (Å²) >= 11 is 5.95. The maximum absolute atomic E-state index is 12.7. The van der Waals surface area contributed by atoms with Crippen LogP contribution in [-0.2, 0) is 0 Å². The molecule has 0 saturated heterocycles. The van der Waals surface area contributed by atoms with E-state index in [-0.39, 0.29) is 12.1 Å². The van der Waals surface area contributed by atoms with Crippen LogP contribution in [0.3, 0.4) is 0 Å². The molecule has 7 heteroatoms. The molecule has 1 amide bonds. The SMILES string of the molecule is CCC(C)NC(=O)n1nc(-c2ccc(Cl)cc2)cc1-c1conc1C. The maximum Gasteiger partial charge on any atom is 0.342 e. The van der Waals surface area contributed by atoms with Crippen LogP contribution in [0.1, 0.15) is 26.0 Å². The van der Waals surface area contributed by atoms with Crippen molar-refractivity contribution in [2.75, 3.05) is 0 Å². The number of nitrogens with zero attached hydrogens (tertiary/aromatic N) is 3. The maximum atomic E-state index is 12.7. The molecule has 1 aromatic carbocycles. The number of nitrogens with one attached hydrogen (secondary N) is 1. The molecule has 0 fully saturated rings. The van der Waals surface area contributed by atoms with E-state index in [9.17, 15) is 4.79 Å². The van der Waals surface area contributed by atoms with E-state index in [0.29, 0.717) is 22.1 Å². The van der Waals surface area contributed by atoms with Crippen molar-refractivity contribution >= 4 is 17.6 Å². The summed E-state index contributed by atoms with van der Waals surface area (Å²) in [6.45, 7) is 5.79. The van der Waals surface area contributed by atoms with Gasteiger partial charge in [-0.1, -0.05) is 35.8 Å². The highest BCUT2D eigenvalue weighted by atomic mass is 35.5. The number of rotatable bonds is 4. The molecule has 0 aliphatic heterocycles. The third kappa shape index (κ3) is 3.58. The molecule has 0 aliphatic carbocycles. The first-order valence-corrected chi connectivity index (χ1v) is 8.45. The third-order valence-corrected chi connectivity index (χ3v) is 4.30. The average molecular weight is 359 g/mol. The van der Waals surface area contributed by atoms with Gasteiger partial charge in [0.25, 0.3) is 0 Å². The van der Waals surface area contributed by atoms with Gasteiger partial charge in [0, 0.05) is 16.6 Å². The zero-order chi connectivity index (χ0) is 18.0. The molecule has 1 N–H and O–H groups in total. The van der Waals surface area contributed by atoms with E-state index in [4.69, 9.17) is 16.1 Å². The van der Waals surface area contributed by atoms with Crippen LogP contribution < -0.4 is 5.32 Å². The molecule has 1 atom stereocenters. The molecule has 3 aromatic rings. The Morgan fingerprint density at radius 1 is 1.36 bits per heavy atom. The number of aryl methyl sites for hydroxylation is 1. The second kappa shape index (κ2) is 7.11. The smallest absolute Gasteiger partial charge is 0.342 e. The molecule has 3 rings (SSSR count). The Balaban J connectivity index is 2.07. The van der Waals surface area contributed by atoms with Gasteiger partial charge in [-0.15, -0.1) is 0 Å². The van der Waals surface area contributed by atoms with Crippen LogP contribution >= 0.6 is 11.6 Å². The van der Waals surface area contributed by atoms with Gasteiger partial charge in [-0.05, 0) is 38.5 Å². The quantitative estimate of drug-likeness (QED) is 0.744. The highest BCUT2D eigenvalue weighted by Gasteiger charge is 2.20. The van der Waals surface area contributed by atoms with Crippen LogP contribution in [-0.4, -0.2) is 27.0 Å². The molecular formula is C18H19ClN4O2. The lowest BCUT2D eigenvalue weighted by molar-refractivity contribution is 0.236. The largest absolute Gasteiger partial charge is 0.364 e. The van der Waals surface area contributed by atoms with Crippen LogP contribution in [0.2, 0.25) is 5.02 Å². The van der Waals surface area contributed by atoms with E-state index in [1.807, 2.05) is 39.0 Å². The number of aromatic nitrogens is 3. The molecule has 6 nitrogen and oxygen atoms in total. The first-order valence-electron chi connectivity index (χ1n) is 8.07. The first kappa shape index (κ1) is 17.2. The lowest BCUT2D eigenvalue weighted by Crippen LogP contribution is -2.36. The number of benzene rings is 1. The standard InChI is InChI=1S/C18H19ClN4O2/c1-4-11(2)20-18(24)23-17(15-10-25-22-12(15)3)9-16(21-23)13-5-7-14(19)8-6-13/h5-11H,4H2,1-3H3,(H,20,24). The molecule has 0 bridgehead atoms. The van der Waals surface area contributed by atoms with Crippen molar-refractivity contribution in [2.45, 2.75) is 33.2 Å². The van der Waals surface area contributed by atoms with E-state index in [1.165, 1.54) is 10.9 Å². The van der Waals surface area contributed by atoms with Gasteiger partial charge in [0.15, 0.2) is 0 Å². The van der Waals surface area contributed by atoms with Gasteiger partial charge >= 0.3 is 6.03 Å². The number of hydrogen-bond donors (Lipinski definition) is 1. The van der Waals surface area contributed by atoms with Gasteiger partial charge in [0.1, 0.15) is 6.26 Å². The average Bonchev–Trinajstić information content (AvgIpc) is 3.21. The Bertz CT molecular complexity index is 883. The molecule has 130 valence electrons. The topological polar surface area (TPSA) is 73.0 Å². The molecule has 2 aromatic heterocycles. The zero-order valence-corrected chi connectivity index (χ0v) is 15.0. The van der Waals surface area contributed by atoms with Crippen LogP contribution in [0.4, 0.5) is 4.79 Å². The lowest BCUT2D eigenvalue weighted by atomic mass is 10.1. The molecule has 0 aliphatic rings. The molecular weight excluding hydrogens is 340 g/mol. The number of hydrogen-bond acceptors (Lipinski definition) is 4. The van der Waals surface area contributed by atoms with Crippen molar-refractivity contribution < 1.29 is 9.32 Å². The minimum Gasteiger partial charge on any atom is -0.364 e. The number of halogens is 1. The van der Waals surface area contributed by atoms with Crippen LogP contribution in [0.25, 0.3) is 22.5 Å². The summed E-state index contributed by atoms with van der Waals surface area (Å²) < 4.78 is 6.38. The van der Waals surface area contributed by atoms with Gasteiger partial charge < -0.3 is 9.84 Å². The van der Waals surface area contributed by atoms with Crippen LogP contribution in [0, 0.1) is 6.92 Å². The van der Waals surface area contributed by atoms with Gasteiger partial charge in [0.2, 0.25) is 0 Å². The summed E-state index contributed by atoms with van der Waals surface area (Å²) in [5.74, 6) is 0. The first-order chi connectivity index (χ1) is 12.0. The molecule has 0 saturated carbocycles. The highest BCUT2D eigenvalue weighted by Crippen LogP contribution is 2.28. The second-order valence-corrected chi connectivity index (χ2v) is 6.34. The Kier molecular flexibility index (Phi) is 4.90. The minimum absolute atomic E-state index is 0.0482. The third-order valence-electron chi connectivity index (χ3n) is 4.05. The van der Waals surface area contributed by atoms with E-state index in [1.54, 1.807) is 12.1 Å². The summed E-state index contributed by atoms with van der Waals surface area (Å²) in [6.07, 6.45) is 2.35. The predicted molar refractivity (Wildman–Crippen MR) is 96.6 cm³/mol. The predicted octanol–water partition coefficient (Wildman–Crippen LogP) is 4.52. The molecule has 1 unspecified atom stereocenters. The highest BCUT2D eigenvalue weighted by molar-refractivity contribution is 6.30. The summed E-state index contributed by atoms with van der Waals surface area (Å²) in [5, 5.41) is 12.0. The fraction of sp³-hybridized carbons (Fsp3) is 0.278. The Morgan fingerprint density at radius 3 is 2.68 bits per heavy atom. The van der Waals surface area contributed by atoms with Gasteiger partial charge in [-0.25, -0.2) is 4.79 Å². The lowest BCUT2D eigenvalue weighted by Gasteiger charge is -2.12. The van der Waals surface area contributed by atoms with Crippen molar-refractivity contribution in [1.29, 1.82) is 0 Å². The van der Waals surface area contributed by atoms with Crippen LogP contribution in [0.5, 0.6) is 0 Å². The summed E-state index contributed by atoms with van der Waals surface area (Å²) in [4.78, 5) is 12.7. The van der Waals surface area contributed by atoms with E-state index >= 15 is 0 Å². The Hall–Kier alpha value is -2.60. The Labute approximate surface area is 150 Å². The van der Waals surface area contributed by atoms with Crippen LogP contribution in [0.15, 0.2) is 41.1 Å². The minimum atomic E-state index is -0.287. The fourth-order valence-corrected chi connectivity index (χ4v) is 2.53. The van der Waals surface area contributed by atoms with Crippen molar-refractivity contribution in [3.63, 3.8) is 0 Å². The fourth-order valence-electron chi connectivity index (χ4n) is 2.40. The van der Waals surface area contributed by atoms with E-state index in [2.05, 4.69) is 15.6 Å². The molecule has 25 heavy (non-hydrogen) atoms. The van der Waals surface area contributed by atoms with Gasteiger partial charge in [0.05, 0.1) is 22.6 Å². The zero-order valence-electron chi connectivity index (χ0n) is 14.3. The van der Waals surface area contributed by atoms with Crippen molar-refractivity contribution in [3.05, 3.63) is 47.3 Å². The Morgan fingerprint density at radius 2 is 2.08 bits per heavy atom. The van der Waals surface area contributed by atoms with E-state index in [0.717, 1.165) is 17.5 Å². The van der Waals surface area contributed by atoms with Crippen molar-refractivity contribution in [1.82, 2.24) is 20.3 Å². The van der Waals surface area contributed by atoms with Crippen molar-refractivity contribution in [3.8, 4) is 22.5 Å². The summed E-state index contributed by atoms with van der Waals surface area (Å²) in [5.41, 5.74) is 3.60. The molecule has 2 heterocycles. The van der Waals surface area contributed by atoms with Crippen molar-refractivity contribution in [2.24, 2.45) is 0 Å². The monoisotopic (exact) mass is 358 g/mol. The number of carbonyl (C=O) groups excluding carboxylic acids is 1. The summed E-state index contributed by atoms with van der Waals surface area (Å²) in [6, 6.07) is 8.92.